The number of rotatable bonds is 5. The number of carbonyl (C=O) groups excluding carboxylic acids is 1. The molecule has 1 atom stereocenters. The molecule has 0 saturated heterocycles. The molecule has 0 radical (unpaired) electrons. The van der Waals surface area contributed by atoms with E-state index in [9.17, 15) is 4.79 Å². The van der Waals surface area contributed by atoms with E-state index < -0.39 is 0 Å². The van der Waals surface area contributed by atoms with Gasteiger partial charge >= 0.3 is 0 Å². The Morgan fingerprint density at radius 2 is 2.16 bits per heavy atom. The second kappa shape index (κ2) is 8.70. The van der Waals surface area contributed by atoms with Gasteiger partial charge in [-0.3, -0.25) is 9.79 Å². The number of hydrogen-bond acceptors (Lipinski definition) is 2. The number of amides is 1. The van der Waals surface area contributed by atoms with Crippen LogP contribution in [0, 0.1) is 0 Å². The van der Waals surface area contributed by atoms with Crippen LogP contribution < -0.4 is 16.0 Å². The van der Waals surface area contributed by atoms with E-state index in [2.05, 4.69) is 33.1 Å². The number of anilines is 1. The lowest BCUT2D eigenvalue weighted by atomic mass is 9.90. The first-order valence-corrected chi connectivity index (χ1v) is 9.27. The van der Waals surface area contributed by atoms with Crippen molar-refractivity contribution in [3.63, 3.8) is 0 Å². The smallest absolute Gasteiger partial charge is 0.225 e. The Morgan fingerprint density at radius 3 is 2.96 bits per heavy atom. The number of carbonyl (C=O) groups is 1. The molecule has 1 aliphatic carbocycles. The first-order valence-electron chi connectivity index (χ1n) is 9.27. The second-order valence-corrected chi connectivity index (χ2v) is 6.77. The van der Waals surface area contributed by atoms with E-state index in [1.165, 1.54) is 31.2 Å². The number of hydrogen-bond donors (Lipinski definition) is 3. The molecule has 1 aromatic rings. The summed E-state index contributed by atoms with van der Waals surface area (Å²) in [6, 6.07) is 8.03. The molecule has 1 aromatic carbocycles. The van der Waals surface area contributed by atoms with Crippen molar-refractivity contribution < 1.29 is 4.79 Å². The van der Waals surface area contributed by atoms with Crippen molar-refractivity contribution in [2.45, 2.75) is 44.4 Å². The zero-order chi connectivity index (χ0) is 17.5. The van der Waals surface area contributed by atoms with Gasteiger partial charge in [-0.05, 0) is 43.7 Å². The summed E-state index contributed by atoms with van der Waals surface area (Å²) in [5, 5.41) is 9.71. The molecule has 1 unspecified atom stereocenters. The van der Waals surface area contributed by atoms with Crippen molar-refractivity contribution >= 4 is 17.6 Å². The van der Waals surface area contributed by atoms with Crippen LogP contribution in [-0.4, -0.2) is 32.0 Å². The number of fused-ring (bicyclic) bond motifs is 1. The average molecular weight is 340 g/mol. The lowest BCUT2D eigenvalue weighted by Gasteiger charge is -2.26. The van der Waals surface area contributed by atoms with Crippen molar-refractivity contribution in [3.8, 4) is 0 Å². The molecule has 1 aliphatic heterocycles. The van der Waals surface area contributed by atoms with Crippen LogP contribution in [0.4, 0.5) is 5.69 Å². The zero-order valence-corrected chi connectivity index (χ0v) is 15.0. The number of benzene rings is 1. The number of allylic oxidation sites excluding steroid dienone is 1. The van der Waals surface area contributed by atoms with Crippen LogP contribution in [-0.2, 0) is 4.79 Å². The quantitative estimate of drug-likeness (QED) is 0.438. The molecule has 5 heteroatoms. The topological polar surface area (TPSA) is 65.5 Å². The van der Waals surface area contributed by atoms with Crippen LogP contribution >= 0.6 is 0 Å². The Labute approximate surface area is 150 Å². The third-order valence-electron chi connectivity index (χ3n) is 4.97. The number of para-hydroxylation sites is 1. The van der Waals surface area contributed by atoms with Gasteiger partial charge in [0, 0.05) is 38.2 Å². The highest BCUT2D eigenvalue weighted by molar-refractivity contribution is 5.94. The normalized spacial score (nSPS) is 20.4. The molecule has 0 aromatic heterocycles. The third kappa shape index (κ3) is 4.84. The van der Waals surface area contributed by atoms with Gasteiger partial charge in [-0.1, -0.05) is 29.8 Å². The maximum atomic E-state index is 11.9. The van der Waals surface area contributed by atoms with E-state index in [1.807, 2.05) is 18.2 Å². The molecule has 0 spiro atoms. The van der Waals surface area contributed by atoms with E-state index in [4.69, 9.17) is 0 Å². The third-order valence-corrected chi connectivity index (χ3v) is 4.97. The molecule has 3 rings (SSSR count). The standard InChI is InChI=1S/C20H28N4O/c1-21-20(22-12-11-15-7-3-2-4-8-15)23-14-16-13-19(25)24-18-10-6-5-9-17(16)18/h5-7,9-10,16H,2-4,8,11-14H2,1H3,(H,24,25)(H2,21,22,23). The number of nitrogens with one attached hydrogen (secondary N) is 3. The second-order valence-electron chi connectivity index (χ2n) is 6.77. The summed E-state index contributed by atoms with van der Waals surface area (Å²) in [5.41, 5.74) is 3.68. The Balaban J connectivity index is 1.49. The highest BCUT2D eigenvalue weighted by Crippen LogP contribution is 2.31. The van der Waals surface area contributed by atoms with Gasteiger partial charge in [0.25, 0.3) is 0 Å². The van der Waals surface area contributed by atoms with Gasteiger partial charge in [-0.2, -0.15) is 0 Å². The molecule has 0 saturated carbocycles. The monoisotopic (exact) mass is 340 g/mol. The lowest BCUT2D eigenvalue weighted by molar-refractivity contribution is -0.116. The largest absolute Gasteiger partial charge is 0.356 e. The predicted octanol–water partition coefficient (Wildman–Crippen LogP) is 3.17. The Hall–Kier alpha value is -2.30. The van der Waals surface area contributed by atoms with Crippen molar-refractivity contribution in [2.24, 2.45) is 4.99 Å². The van der Waals surface area contributed by atoms with Gasteiger partial charge in [0.2, 0.25) is 5.91 Å². The molecule has 5 nitrogen and oxygen atoms in total. The van der Waals surface area contributed by atoms with E-state index >= 15 is 0 Å². The van der Waals surface area contributed by atoms with Gasteiger partial charge in [0.05, 0.1) is 0 Å². The van der Waals surface area contributed by atoms with E-state index in [1.54, 1.807) is 12.6 Å². The summed E-state index contributed by atoms with van der Waals surface area (Å²) in [7, 11) is 1.79. The first kappa shape index (κ1) is 17.5. The van der Waals surface area contributed by atoms with E-state index in [0.717, 1.165) is 24.6 Å². The number of nitrogens with zero attached hydrogens (tertiary/aromatic N) is 1. The molecular formula is C20H28N4O. The zero-order valence-electron chi connectivity index (χ0n) is 15.0. The van der Waals surface area contributed by atoms with Crippen LogP contribution in [0.1, 0.15) is 50.0 Å². The molecule has 0 bridgehead atoms. The lowest BCUT2D eigenvalue weighted by Crippen LogP contribution is -2.41. The fraction of sp³-hybridized carbons (Fsp3) is 0.500. The minimum atomic E-state index is 0.0812. The van der Waals surface area contributed by atoms with Gasteiger partial charge < -0.3 is 16.0 Å². The van der Waals surface area contributed by atoms with Crippen LogP contribution in [0.25, 0.3) is 0 Å². The molecule has 3 N–H and O–H groups in total. The van der Waals surface area contributed by atoms with Crippen LogP contribution in [0.3, 0.4) is 0 Å². The summed E-state index contributed by atoms with van der Waals surface area (Å²) >= 11 is 0. The minimum Gasteiger partial charge on any atom is -0.356 e. The van der Waals surface area contributed by atoms with Gasteiger partial charge in [0.1, 0.15) is 0 Å². The highest BCUT2D eigenvalue weighted by atomic mass is 16.1. The molecule has 1 heterocycles. The fourth-order valence-corrected chi connectivity index (χ4v) is 3.60. The Morgan fingerprint density at radius 1 is 1.28 bits per heavy atom. The van der Waals surface area contributed by atoms with Gasteiger partial charge in [-0.25, -0.2) is 0 Å². The highest BCUT2D eigenvalue weighted by Gasteiger charge is 2.24. The van der Waals surface area contributed by atoms with Gasteiger partial charge in [0.15, 0.2) is 5.96 Å². The van der Waals surface area contributed by atoms with Crippen LogP contribution in [0.15, 0.2) is 40.9 Å². The summed E-state index contributed by atoms with van der Waals surface area (Å²) in [6.45, 7) is 1.60. The maximum absolute atomic E-state index is 11.9. The van der Waals surface area contributed by atoms with Crippen molar-refractivity contribution in [1.82, 2.24) is 10.6 Å². The van der Waals surface area contributed by atoms with Crippen molar-refractivity contribution in [3.05, 3.63) is 41.5 Å². The number of aliphatic imine (C=N–C) groups is 1. The SMILES string of the molecule is CN=C(NCCC1=CCCCC1)NCC1CC(=O)Nc2ccccc21. The Kier molecular flexibility index (Phi) is 6.09. The first-order chi connectivity index (χ1) is 12.3. The fourth-order valence-electron chi connectivity index (χ4n) is 3.60. The van der Waals surface area contributed by atoms with E-state index in [-0.39, 0.29) is 11.8 Å². The molecule has 2 aliphatic rings. The van der Waals surface area contributed by atoms with Crippen LogP contribution in [0.2, 0.25) is 0 Å². The molecule has 1 amide bonds. The summed E-state index contributed by atoms with van der Waals surface area (Å²) in [5.74, 6) is 1.06. The molecule has 134 valence electrons. The van der Waals surface area contributed by atoms with Gasteiger partial charge in [-0.15, -0.1) is 0 Å². The van der Waals surface area contributed by atoms with Crippen LogP contribution in [0.5, 0.6) is 0 Å². The molecule has 0 fully saturated rings. The van der Waals surface area contributed by atoms with E-state index in [0.29, 0.717) is 13.0 Å². The minimum absolute atomic E-state index is 0.0812. The van der Waals surface area contributed by atoms with Crippen molar-refractivity contribution in [1.29, 1.82) is 0 Å². The summed E-state index contributed by atoms with van der Waals surface area (Å²) in [6.07, 6.45) is 9.09. The predicted molar refractivity (Wildman–Crippen MR) is 103 cm³/mol. The molecule has 25 heavy (non-hydrogen) atoms. The van der Waals surface area contributed by atoms with Crippen molar-refractivity contribution in [2.75, 3.05) is 25.5 Å². The summed E-state index contributed by atoms with van der Waals surface area (Å²) < 4.78 is 0. The Bertz CT molecular complexity index is 665. The number of guanidine groups is 1. The summed E-state index contributed by atoms with van der Waals surface area (Å²) in [4.78, 5) is 16.2. The average Bonchev–Trinajstić information content (AvgIpc) is 2.65. The maximum Gasteiger partial charge on any atom is 0.225 e. The molecular weight excluding hydrogens is 312 g/mol.